The van der Waals surface area contributed by atoms with Gasteiger partial charge in [0.25, 0.3) is 0 Å². The van der Waals surface area contributed by atoms with Crippen LogP contribution in [0.2, 0.25) is 0 Å². The smallest absolute Gasteiger partial charge is 0.0778 e. The van der Waals surface area contributed by atoms with Gasteiger partial charge >= 0.3 is 0 Å². The molecule has 0 bridgehead atoms. The van der Waals surface area contributed by atoms with Crippen molar-refractivity contribution < 1.29 is 0 Å². The fourth-order valence-electron chi connectivity index (χ4n) is 1.29. The lowest BCUT2D eigenvalue weighted by Gasteiger charge is -2.03. The van der Waals surface area contributed by atoms with Gasteiger partial charge in [-0.1, -0.05) is 24.8 Å². The van der Waals surface area contributed by atoms with Gasteiger partial charge in [0, 0.05) is 11.9 Å². The molecule has 2 nitrogen and oxygen atoms in total. The highest BCUT2D eigenvalue weighted by Crippen LogP contribution is 2.10. The van der Waals surface area contributed by atoms with Gasteiger partial charge in [-0.3, -0.25) is 4.99 Å². The van der Waals surface area contributed by atoms with Crippen molar-refractivity contribution in [3.63, 3.8) is 0 Å². The summed E-state index contributed by atoms with van der Waals surface area (Å²) in [5, 5.41) is 0. The zero-order valence-corrected chi connectivity index (χ0v) is 8.75. The van der Waals surface area contributed by atoms with Crippen LogP contribution < -0.4 is 5.73 Å². The standard InChI is InChI=1S/C12H16N2/c1-9-5-4-6-10(2)12(9)8-14-7-11(3)13/h4-6,8H,3,7,13H2,1-2H3. The van der Waals surface area contributed by atoms with Crippen LogP contribution >= 0.6 is 0 Å². The predicted molar refractivity (Wildman–Crippen MR) is 61.7 cm³/mol. The number of aryl methyl sites for hydroxylation is 2. The first-order chi connectivity index (χ1) is 6.61. The van der Waals surface area contributed by atoms with E-state index in [1.54, 1.807) is 0 Å². The Morgan fingerprint density at radius 1 is 1.43 bits per heavy atom. The van der Waals surface area contributed by atoms with Crippen molar-refractivity contribution in [2.75, 3.05) is 6.54 Å². The molecule has 0 amide bonds. The van der Waals surface area contributed by atoms with E-state index in [4.69, 9.17) is 5.73 Å². The van der Waals surface area contributed by atoms with Crippen LogP contribution in [0.15, 0.2) is 35.5 Å². The van der Waals surface area contributed by atoms with Crippen LogP contribution in [0.4, 0.5) is 0 Å². The van der Waals surface area contributed by atoms with E-state index in [9.17, 15) is 0 Å². The fraction of sp³-hybridized carbons (Fsp3) is 0.250. The molecule has 1 aromatic rings. The quantitative estimate of drug-likeness (QED) is 0.725. The van der Waals surface area contributed by atoms with Crippen LogP contribution in [0.25, 0.3) is 0 Å². The minimum Gasteiger partial charge on any atom is -0.401 e. The van der Waals surface area contributed by atoms with Crippen LogP contribution in [0.5, 0.6) is 0 Å². The zero-order chi connectivity index (χ0) is 10.6. The van der Waals surface area contributed by atoms with Crippen LogP contribution in [-0.4, -0.2) is 12.8 Å². The Morgan fingerprint density at radius 3 is 2.50 bits per heavy atom. The van der Waals surface area contributed by atoms with Crippen molar-refractivity contribution in [1.82, 2.24) is 0 Å². The summed E-state index contributed by atoms with van der Waals surface area (Å²) in [7, 11) is 0. The van der Waals surface area contributed by atoms with Gasteiger partial charge in [-0.15, -0.1) is 0 Å². The molecule has 0 heterocycles. The third kappa shape index (κ3) is 2.73. The monoisotopic (exact) mass is 188 g/mol. The lowest BCUT2D eigenvalue weighted by Crippen LogP contribution is -1.99. The van der Waals surface area contributed by atoms with E-state index in [-0.39, 0.29) is 0 Å². The molecule has 2 N–H and O–H groups in total. The number of nitrogens with zero attached hydrogens (tertiary/aromatic N) is 1. The molecule has 0 saturated carbocycles. The highest BCUT2D eigenvalue weighted by atomic mass is 14.8. The molecule has 74 valence electrons. The average Bonchev–Trinajstić information content (AvgIpc) is 2.09. The Balaban J connectivity index is 2.85. The number of benzene rings is 1. The summed E-state index contributed by atoms with van der Waals surface area (Å²) in [6.45, 7) is 8.24. The minimum atomic E-state index is 0.494. The van der Waals surface area contributed by atoms with Gasteiger partial charge in [0.2, 0.25) is 0 Å². The molecule has 1 rings (SSSR count). The Bertz CT molecular complexity index is 344. The third-order valence-electron chi connectivity index (χ3n) is 2.06. The first-order valence-electron chi connectivity index (χ1n) is 4.60. The Hall–Kier alpha value is -1.57. The number of nitrogens with two attached hydrogens (primary N) is 1. The summed E-state index contributed by atoms with van der Waals surface area (Å²) in [6.07, 6.45) is 1.86. The maximum Gasteiger partial charge on any atom is 0.0778 e. The van der Waals surface area contributed by atoms with Crippen LogP contribution in [0.3, 0.4) is 0 Å². The maximum absolute atomic E-state index is 5.42. The first-order valence-corrected chi connectivity index (χ1v) is 4.60. The number of rotatable bonds is 3. The molecular formula is C12H16N2. The van der Waals surface area contributed by atoms with Gasteiger partial charge in [0.15, 0.2) is 0 Å². The predicted octanol–water partition coefficient (Wildman–Crippen LogP) is 2.19. The minimum absolute atomic E-state index is 0.494. The van der Waals surface area contributed by atoms with E-state index >= 15 is 0 Å². The van der Waals surface area contributed by atoms with Gasteiger partial charge in [-0.25, -0.2) is 0 Å². The van der Waals surface area contributed by atoms with Crippen molar-refractivity contribution in [2.45, 2.75) is 13.8 Å². The summed E-state index contributed by atoms with van der Waals surface area (Å²) in [5.74, 6) is 0. The molecular weight excluding hydrogens is 172 g/mol. The molecule has 0 atom stereocenters. The molecule has 2 heteroatoms. The van der Waals surface area contributed by atoms with E-state index in [2.05, 4.69) is 37.6 Å². The van der Waals surface area contributed by atoms with Gasteiger partial charge < -0.3 is 5.73 Å². The second kappa shape index (κ2) is 4.61. The maximum atomic E-state index is 5.42. The summed E-state index contributed by atoms with van der Waals surface area (Å²) in [4.78, 5) is 4.21. The SMILES string of the molecule is C=C(N)CN=Cc1c(C)cccc1C. The average molecular weight is 188 g/mol. The van der Waals surface area contributed by atoms with Crippen LogP contribution in [0.1, 0.15) is 16.7 Å². The van der Waals surface area contributed by atoms with Crippen LogP contribution in [0, 0.1) is 13.8 Å². The van der Waals surface area contributed by atoms with E-state index in [1.165, 1.54) is 16.7 Å². The Labute approximate surface area is 85.2 Å². The Morgan fingerprint density at radius 2 is 2.00 bits per heavy atom. The Kier molecular flexibility index (Phi) is 3.46. The first kappa shape index (κ1) is 10.5. The van der Waals surface area contributed by atoms with E-state index in [0.717, 1.165) is 0 Å². The summed E-state index contributed by atoms with van der Waals surface area (Å²) < 4.78 is 0. The van der Waals surface area contributed by atoms with Crippen LogP contribution in [-0.2, 0) is 0 Å². The highest BCUT2D eigenvalue weighted by Gasteiger charge is 1.97. The van der Waals surface area contributed by atoms with E-state index in [0.29, 0.717) is 12.2 Å². The van der Waals surface area contributed by atoms with Crippen molar-refractivity contribution in [3.05, 3.63) is 47.2 Å². The van der Waals surface area contributed by atoms with E-state index < -0.39 is 0 Å². The van der Waals surface area contributed by atoms with Crippen molar-refractivity contribution in [1.29, 1.82) is 0 Å². The van der Waals surface area contributed by atoms with Gasteiger partial charge in [0.1, 0.15) is 0 Å². The lowest BCUT2D eigenvalue weighted by atomic mass is 10.0. The largest absolute Gasteiger partial charge is 0.401 e. The lowest BCUT2D eigenvalue weighted by molar-refractivity contribution is 1.12. The zero-order valence-electron chi connectivity index (χ0n) is 8.75. The third-order valence-corrected chi connectivity index (χ3v) is 2.06. The second-order valence-corrected chi connectivity index (χ2v) is 3.43. The summed E-state index contributed by atoms with van der Waals surface area (Å²) in [6, 6.07) is 6.20. The highest BCUT2D eigenvalue weighted by molar-refractivity contribution is 5.83. The summed E-state index contributed by atoms with van der Waals surface area (Å²) in [5.41, 5.74) is 9.66. The van der Waals surface area contributed by atoms with Crippen molar-refractivity contribution in [2.24, 2.45) is 10.7 Å². The number of aliphatic imine (C=N–C) groups is 1. The fourth-order valence-corrected chi connectivity index (χ4v) is 1.29. The van der Waals surface area contributed by atoms with Gasteiger partial charge in [-0.2, -0.15) is 0 Å². The molecule has 0 saturated heterocycles. The molecule has 0 aromatic heterocycles. The number of hydrogen-bond acceptors (Lipinski definition) is 2. The molecule has 0 aliphatic heterocycles. The molecule has 0 spiro atoms. The molecule has 0 radical (unpaired) electrons. The van der Waals surface area contributed by atoms with Gasteiger partial charge in [0.05, 0.1) is 6.54 Å². The topological polar surface area (TPSA) is 38.4 Å². The molecule has 0 aliphatic rings. The van der Waals surface area contributed by atoms with Gasteiger partial charge in [-0.05, 0) is 30.5 Å². The molecule has 0 fully saturated rings. The molecule has 0 unspecified atom stereocenters. The number of hydrogen-bond donors (Lipinski definition) is 1. The molecule has 14 heavy (non-hydrogen) atoms. The normalized spacial score (nSPS) is 10.7. The van der Waals surface area contributed by atoms with Crippen molar-refractivity contribution in [3.8, 4) is 0 Å². The second-order valence-electron chi connectivity index (χ2n) is 3.43. The molecule has 0 aliphatic carbocycles. The van der Waals surface area contributed by atoms with Crippen molar-refractivity contribution >= 4 is 6.21 Å². The summed E-state index contributed by atoms with van der Waals surface area (Å²) >= 11 is 0. The molecule has 1 aromatic carbocycles. The van der Waals surface area contributed by atoms with E-state index in [1.807, 2.05) is 12.3 Å².